The average molecular weight is 447 g/mol. The van der Waals surface area contributed by atoms with Gasteiger partial charge in [-0.25, -0.2) is 4.90 Å². The molecule has 1 saturated heterocycles. The van der Waals surface area contributed by atoms with E-state index in [-0.39, 0.29) is 11.8 Å². The highest BCUT2D eigenvalue weighted by molar-refractivity contribution is 6.45. The fourth-order valence-corrected chi connectivity index (χ4v) is 4.56. The molecule has 2 aliphatic rings. The van der Waals surface area contributed by atoms with Crippen LogP contribution in [-0.4, -0.2) is 36.4 Å². The molecule has 2 aromatic carbocycles. The lowest BCUT2D eigenvalue weighted by atomic mass is 9.97. The van der Waals surface area contributed by atoms with Crippen molar-refractivity contribution >= 4 is 23.1 Å². The lowest BCUT2D eigenvalue weighted by molar-refractivity contribution is -0.120. The minimum Gasteiger partial charge on any atom is -0.493 e. The van der Waals surface area contributed by atoms with Crippen LogP contribution < -0.4 is 9.64 Å². The molecular formula is C28H34N2O3. The SMILES string of the molecule is Cc1ccc(N2C(=O)C(c3ccc(OCC(C)C)cc3)=C(N3CCC(C)CC3)C2=O)c(C)c1. The molecule has 174 valence electrons. The molecule has 0 unspecified atom stereocenters. The molecule has 0 bridgehead atoms. The molecule has 0 spiro atoms. The van der Waals surface area contributed by atoms with Gasteiger partial charge in [-0.05, 0) is 67.9 Å². The molecule has 5 heteroatoms. The first-order chi connectivity index (χ1) is 15.8. The Labute approximate surface area is 197 Å². The highest BCUT2D eigenvalue weighted by Crippen LogP contribution is 2.38. The van der Waals surface area contributed by atoms with Crippen molar-refractivity contribution in [2.75, 3.05) is 24.6 Å². The number of nitrogens with zero attached hydrogens (tertiary/aromatic N) is 2. The number of aryl methyl sites for hydroxylation is 2. The maximum absolute atomic E-state index is 13.8. The zero-order valence-corrected chi connectivity index (χ0v) is 20.4. The normalized spacial score (nSPS) is 17.5. The minimum absolute atomic E-state index is 0.225. The number of carbonyl (C=O) groups excluding carboxylic acids is 2. The molecule has 2 amide bonds. The van der Waals surface area contributed by atoms with Gasteiger partial charge in [-0.2, -0.15) is 0 Å². The van der Waals surface area contributed by atoms with Crippen LogP contribution in [-0.2, 0) is 9.59 Å². The van der Waals surface area contributed by atoms with Crippen molar-refractivity contribution in [3.8, 4) is 5.75 Å². The van der Waals surface area contributed by atoms with Crippen molar-refractivity contribution in [1.29, 1.82) is 0 Å². The Morgan fingerprint density at radius 3 is 2.24 bits per heavy atom. The molecule has 33 heavy (non-hydrogen) atoms. The van der Waals surface area contributed by atoms with Crippen molar-refractivity contribution in [2.24, 2.45) is 11.8 Å². The van der Waals surface area contributed by atoms with E-state index in [1.165, 1.54) is 4.90 Å². The molecule has 0 saturated carbocycles. The molecule has 4 rings (SSSR count). The van der Waals surface area contributed by atoms with Gasteiger partial charge in [0.2, 0.25) is 0 Å². The summed E-state index contributed by atoms with van der Waals surface area (Å²) >= 11 is 0. The standard InChI is InChI=1S/C28H34N2O3/c1-18(2)17-33-23-9-7-22(8-10-23)25-26(29-14-12-19(3)13-15-29)28(32)30(27(25)31)24-11-6-20(4)16-21(24)5/h6-11,16,18-19H,12-15,17H2,1-5H3. The predicted octanol–water partition coefficient (Wildman–Crippen LogP) is 5.35. The first kappa shape index (κ1) is 23.1. The Hall–Kier alpha value is -3.08. The maximum Gasteiger partial charge on any atom is 0.282 e. The summed E-state index contributed by atoms with van der Waals surface area (Å²) in [5.41, 5.74) is 4.46. The van der Waals surface area contributed by atoms with E-state index in [0.29, 0.717) is 35.4 Å². The van der Waals surface area contributed by atoms with Crippen LogP contribution in [0.5, 0.6) is 5.75 Å². The number of imide groups is 1. The van der Waals surface area contributed by atoms with Gasteiger partial charge in [-0.1, -0.05) is 50.6 Å². The van der Waals surface area contributed by atoms with Gasteiger partial charge in [0.25, 0.3) is 11.8 Å². The minimum atomic E-state index is -0.253. The fraction of sp³-hybridized carbons (Fsp3) is 0.429. The van der Waals surface area contributed by atoms with E-state index in [0.717, 1.165) is 48.4 Å². The van der Waals surface area contributed by atoms with Crippen molar-refractivity contribution in [3.05, 3.63) is 64.9 Å². The second-order valence-corrected chi connectivity index (χ2v) is 9.86. The second-order valence-electron chi connectivity index (χ2n) is 9.86. The highest BCUT2D eigenvalue weighted by Gasteiger charge is 2.43. The van der Waals surface area contributed by atoms with E-state index < -0.39 is 0 Å². The average Bonchev–Trinajstić information content (AvgIpc) is 3.03. The van der Waals surface area contributed by atoms with Gasteiger partial charge in [-0.15, -0.1) is 0 Å². The van der Waals surface area contributed by atoms with Gasteiger partial charge in [0, 0.05) is 13.1 Å². The first-order valence-corrected chi connectivity index (χ1v) is 11.9. The number of anilines is 1. The van der Waals surface area contributed by atoms with Crippen molar-refractivity contribution in [2.45, 2.75) is 47.5 Å². The summed E-state index contributed by atoms with van der Waals surface area (Å²) in [5.74, 6) is 1.35. The Kier molecular flexibility index (Phi) is 6.59. The number of hydrogen-bond acceptors (Lipinski definition) is 4. The smallest absolute Gasteiger partial charge is 0.282 e. The largest absolute Gasteiger partial charge is 0.493 e. The molecule has 2 aliphatic heterocycles. The molecule has 0 atom stereocenters. The van der Waals surface area contributed by atoms with E-state index >= 15 is 0 Å². The summed E-state index contributed by atoms with van der Waals surface area (Å²) in [6.45, 7) is 12.6. The van der Waals surface area contributed by atoms with Crippen LogP contribution in [0.1, 0.15) is 50.3 Å². The number of benzene rings is 2. The van der Waals surface area contributed by atoms with Gasteiger partial charge in [0.1, 0.15) is 11.4 Å². The first-order valence-electron chi connectivity index (χ1n) is 11.9. The number of likely N-dealkylation sites (tertiary alicyclic amines) is 1. The quantitative estimate of drug-likeness (QED) is 0.561. The molecule has 0 aliphatic carbocycles. The summed E-state index contributed by atoms with van der Waals surface area (Å²) < 4.78 is 5.82. The zero-order chi connectivity index (χ0) is 23.7. The maximum atomic E-state index is 13.8. The van der Waals surface area contributed by atoms with E-state index in [1.54, 1.807) is 0 Å². The molecular weight excluding hydrogens is 412 g/mol. The van der Waals surface area contributed by atoms with E-state index in [2.05, 4.69) is 25.7 Å². The molecule has 1 fully saturated rings. The van der Waals surface area contributed by atoms with Crippen LogP contribution in [0.3, 0.4) is 0 Å². The Morgan fingerprint density at radius 1 is 0.970 bits per heavy atom. The number of rotatable bonds is 6. The van der Waals surface area contributed by atoms with Gasteiger partial charge in [-0.3, -0.25) is 9.59 Å². The topological polar surface area (TPSA) is 49.9 Å². The Balaban J connectivity index is 1.74. The molecule has 5 nitrogen and oxygen atoms in total. The number of hydrogen-bond donors (Lipinski definition) is 0. The number of ether oxygens (including phenoxy) is 1. The summed E-state index contributed by atoms with van der Waals surface area (Å²) in [6, 6.07) is 13.4. The second kappa shape index (κ2) is 9.42. The number of carbonyl (C=O) groups is 2. The van der Waals surface area contributed by atoms with Crippen LogP contribution in [0.25, 0.3) is 5.57 Å². The summed E-state index contributed by atoms with van der Waals surface area (Å²) in [7, 11) is 0. The van der Waals surface area contributed by atoms with Gasteiger partial charge in [0.15, 0.2) is 0 Å². The molecule has 2 heterocycles. The van der Waals surface area contributed by atoms with Crippen LogP contribution in [0.2, 0.25) is 0 Å². The predicted molar refractivity (Wildman–Crippen MR) is 132 cm³/mol. The lowest BCUT2D eigenvalue weighted by Gasteiger charge is -2.32. The van der Waals surface area contributed by atoms with Crippen LogP contribution in [0.15, 0.2) is 48.2 Å². The zero-order valence-electron chi connectivity index (χ0n) is 20.4. The van der Waals surface area contributed by atoms with Crippen LogP contribution in [0, 0.1) is 25.7 Å². The molecule has 0 N–H and O–H groups in total. The van der Waals surface area contributed by atoms with E-state index in [4.69, 9.17) is 4.74 Å². The van der Waals surface area contributed by atoms with Gasteiger partial charge in [0.05, 0.1) is 17.9 Å². The monoisotopic (exact) mass is 446 g/mol. The van der Waals surface area contributed by atoms with E-state index in [9.17, 15) is 9.59 Å². The Bertz CT molecular complexity index is 1080. The molecule has 0 radical (unpaired) electrons. The van der Waals surface area contributed by atoms with Gasteiger partial charge >= 0.3 is 0 Å². The fourth-order valence-electron chi connectivity index (χ4n) is 4.56. The lowest BCUT2D eigenvalue weighted by Crippen LogP contribution is -2.38. The third-order valence-corrected chi connectivity index (χ3v) is 6.48. The summed E-state index contributed by atoms with van der Waals surface area (Å²) in [5, 5.41) is 0. The summed E-state index contributed by atoms with van der Waals surface area (Å²) in [6.07, 6.45) is 2.04. The van der Waals surface area contributed by atoms with Crippen molar-refractivity contribution in [1.82, 2.24) is 4.90 Å². The third-order valence-electron chi connectivity index (χ3n) is 6.48. The molecule has 2 aromatic rings. The van der Waals surface area contributed by atoms with Crippen LogP contribution >= 0.6 is 0 Å². The third kappa shape index (κ3) is 4.68. The van der Waals surface area contributed by atoms with E-state index in [1.807, 2.05) is 56.3 Å². The molecule has 0 aromatic heterocycles. The van der Waals surface area contributed by atoms with Gasteiger partial charge < -0.3 is 9.64 Å². The Morgan fingerprint density at radius 2 is 1.64 bits per heavy atom. The number of piperidine rings is 1. The van der Waals surface area contributed by atoms with Crippen molar-refractivity contribution < 1.29 is 14.3 Å². The number of amides is 2. The van der Waals surface area contributed by atoms with Crippen molar-refractivity contribution in [3.63, 3.8) is 0 Å². The van der Waals surface area contributed by atoms with Crippen LogP contribution in [0.4, 0.5) is 5.69 Å². The summed E-state index contributed by atoms with van der Waals surface area (Å²) in [4.78, 5) is 31.0. The highest BCUT2D eigenvalue weighted by atomic mass is 16.5.